The number of fused-ring (bicyclic) bond motifs is 1. The van der Waals surface area contributed by atoms with Gasteiger partial charge < -0.3 is 4.74 Å². The number of aromatic nitrogens is 1. The largest absolute Gasteiger partial charge is 0.481 e. The summed E-state index contributed by atoms with van der Waals surface area (Å²) in [5, 5.41) is 0. The molecule has 23 heavy (non-hydrogen) atoms. The van der Waals surface area contributed by atoms with Crippen LogP contribution in [0.5, 0.6) is 5.88 Å². The molecule has 1 aromatic carbocycles. The van der Waals surface area contributed by atoms with Gasteiger partial charge in [-0.1, -0.05) is 12.1 Å². The molecule has 3 rings (SSSR count). The molecule has 1 aliphatic carbocycles. The molecule has 0 saturated carbocycles. The van der Waals surface area contributed by atoms with Crippen molar-refractivity contribution in [1.82, 2.24) is 9.71 Å². The Bertz CT molecular complexity index is 803. The lowest BCUT2D eigenvalue weighted by molar-refractivity contribution is 0.392. The van der Waals surface area contributed by atoms with Crippen LogP contribution >= 0.6 is 0 Å². The van der Waals surface area contributed by atoms with E-state index in [9.17, 15) is 8.42 Å². The van der Waals surface area contributed by atoms with Crippen LogP contribution in [0.3, 0.4) is 0 Å². The minimum Gasteiger partial charge on any atom is -0.481 e. The molecule has 122 valence electrons. The summed E-state index contributed by atoms with van der Waals surface area (Å²) in [5.41, 5.74) is 3.12. The highest BCUT2D eigenvalue weighted by Gasteiger charge is 2.18. The minimum atomic E-state index is -3.55. The lowest BCUT2D eigenvalue weighted by atomic mass is 9.92. The van der Waals surface area contributed by atoms with Gasteiger partial charge in [-0.3, -0.25) is 0 Å². The zero-order valence-electron chi connectivity index (χ0n) is 13.1. The summed E-state index contributed by atoms with van der Waals surface area (Å²) in [5.74, 6) is 0.431. The van der Waals surface area contributed by atoms with Crippen molar-refractivity contribution in [2.75, 3.05) is 7.11 Å². The second-order valence-electron chi connectivity index (χ2n) is 5.63. The molecule has 0 spiro atoms. The molecule has 0 bridgehead atoms. The van der Waals surface area contributed by atoms with E-state index in [1.807, 2.05) is 6.07 Å². The second kappa shape index (κ2) is 6.68. The van der Waals surface area contributed by atoms with Crippen LogP contribution in [-0.2, 0) is 29.4 Å². The molecular formula is C17H20N2O3S. The summed E-state index contributed by atoms with van der Waals surface area (Å²) in [6.07, 6.45) is 5.90. The molecule has 0 saturated heterocycles. The van der Waals surface area contributed by atoms with E-state index in [-0.39, 0.29) is 6.54 Å². The summed E-state index contributed by atoms with van der Waals surface area (Å²) >= 11 is 0. The Morgan fingerprint density at radius 2 is 1.96 bits per heavy atom. The fourth-order valence-electron chi connectivity index (χ4n) is 2.88. The number of benzene rings is 1. The summed E-state index contributed by atoms with van der Waals surface area (Å²) in [4.78, 5) is 4.39. The third kappa shape index (κ3) is 3.54. The van der Waals surface area contributed by atoms with Gasteiger partial charge >= 0.3 is 0 Å². The number of pyridine rings is 1. The fourth-order valence-corrected chi connectivity index (χ4v) is 3.93. The van der Waals surface area contributed by atoms with Crippen LogP contribution in [0.4, 0.5) is 0 Å². The number of rotatable bonds is 5. The van der Waals surface area contributed by atoms with Gasteiger partial charge in [0.1, 0.15) is 0 Å². The first-order valence-electron chi connectivity index (χ1n) is 7.69. The van der Waals surface area contributed by atoms with Crippen molar-refractivity contribution in [2.45, 2.75) is 37.1 Å². The van der Waals surface area contributed by atoms with E-state index in [2.05, 4.69) is 9.71 Å². The van der Waals surface area contributed by atoms with E-state index in [4.69, 9.17) is 4.74 Å². The maximum Gasteiger partial charge on any atom is 0.240 e. The SMILES string of the molecule is COc1ncccc1CNS(=O)(=O)c1ccc2c(c1)CCCC2. The molecule has 1 aromatic heterocycles. The van der Waals surface area contributed by atoms with Crippen molar-refractivity contribution in [3.8, 4) is 5.88 Å². The van der Waals surface area contributed by atoms with Gasteiger partial charge in [0.25, 0.3) is 0 Å². The Morgan fingerprint density at radius 3 is 2.74 bits per heavy atom. The third-order valence-electron chi connectivity index (χ3n) is 4.13. The molecule has 2 aromatic rings. The van der Waals surface area contributed by atoms with Crippen LogP contribution in [0.1, 0.15) is 29.5 Å². The first-order chi connectivity index (χ1) is 11.1. The van der Waals surface area contributed by atoms with Gasteiger partial charge in [0.2, 0.25) is 15.9 Å². The van der Waals surface area contributed by atoms with Crippen molar-refractivity contribution < 1.29 is 13.2 Å². The van der Waals surface area contributed by atoms with Gasteiger partial charge in [0.15, 0.2) is 0 Å². The van der Waals surface area contributed by atoms with Crippen LogP contribution in [0.25, 0.3) is 0 Å². The molecular weight excluding hydrogens is 312 g/mol. The van der Waals surface area contributed by atoms with E-state index in [1.54, 1.807) is 30.5 Å². The lowest BCUT2D eigenvalue weighted by Gasteiger charge is -2.17. The van der Waals surface area contributed by atoms with Crippen molar-refractivity contribution in [3.63, 3.8) is 0 Å². The minimum absolute atomic E-state index is 0.149. The average molecular weight is 332 g/mol. The van der Waals surface area contributed by atoms with Crippen LogP contribution in [0.2, 0.25) is 0 Å². The number of ether oxygens (including phenoxy) is 1. The van der Waals surface area contributed by atoms with Gasteiger partial charge in [-0.2, -0.15) is 0 Å². The first-order valence-corrected chi connectivity index (χ1v) is 9.18. The third-order valence-corrected chi connectivity index (χ3v) is 5.53. The second-order valence-corrected chi connectivity index (χ2v) is 7.40. The van der Waals surface area contributed by atoms with Crippen LogP contribution < -0.4 is 9.46 Å². The zero-order chi connectivity index (χ0) is 16.3. The summed E-state index contributed by atoms with van der Waals surface area (Å²) in [6.45, 7) is 0.149. The Morgan fingerprint density at radius 1 is 1.17 bits per heavy atom. The maximum absolute atomic E-state index is 12.5. The molecule has 0 fully saturated rings. The zero-order valence-corrected chi connectivity index (χ0v) is 13.9. The van der Waals surface area contributed by atoms with Gasteiger partial charge in [-0.15, -0.1) is 0 Å². The highest BCUT2D eigenvalue weighted by atomic mass is 32.2. The van der Waals surface area contributed by atoms with Crippen molar-refractivity contribution in [1.29, 1.82) is 0 Å². The number of hydrogen-bond acceptors (Lipinski definition) is 4. The molecule has 6 heteroatoms. The van der Waals surface area contributed by atoms with Crippen molar-refractivity contribution in [3.05, 3.63) is 53.2 Å². The summed E-state index contributed by atoms with van der Waals surface area (Å²) < 4.78 is 32.8. The van der Waals surface area contributed by atoms with Gasteiger partial charge in [-0.25, -0.2) is 18.1 Å². The van der Waals surface area contributed by atoms with Crippen LogP contribution in [0, 0.1) is 0 Å². The first kappa shape index (κ1) is 16.0. The average Bonchev–Trinajstić information content (AvgIpc) is 2.60. The highest BCUT2D eigenvalue weighted by molar-refractivity contribution is 7.89. The Hall–Kier alpha value is -1.92. The quantitative estimate of drug-likeness (QED) is 0.913. The molecule has 0 atom stereocenters. The number of aryl methyl sites for hydroxylation is 2. The fraction of sp³-hybridized carbons (Fsp3) is 0.353. The van der Waals surface area contributed by atoms with Crippen LogP contribution in [0.15, 0.2) is 41.4 Å². The molecule has 0 unspecified atom stereocenters. The van der Waals surface area contributed by atoms with E-state index < -0.39 is 10.0 Å². The number of nitrogens with one attached hydrogen (secondary N) is 1. The number of hydrogen-bond donors (Lipinski definition) is 1. The predicted molar refractivity (Wildman–Crippen MR) is 87.9 cm³/mol. The molecule has 5 nitrogen and oxygen atoms in total. The molecule has 0 amide bonds. The number of methoxy groups -OCH3 is 1. The normalized spacial score (nSPS) is 14.3. The molecule has 0 radical (unpaired) electrons. The summed E-state index contributed by atoms with van der Waals surface area (Å²) in [6, 6.07) is 8.98. The lowest BCUT2D eigenvalue weighted by Crippen LogP contribution is -2.24. The highest BCUT2D eigenvalue weighted by Crippen LogP contribution is 2.24. The maximum atomic E-state index is 12.5. The molecule has 1 aliphatic rings. The monoisotopic (exact) mass is 332 g/mol. The van der Waals surface area contributed by atoms with Gasteiger partial charge in [-0.05, 0) is 55.0 Å². The van der Waals surface area contributed by atoms with Crippen molar-refractivity contribution in [2.24, 2.45) is 0 Å². The molecule has 0 aliphatic heterocycles. The van der Waals surface area contributed by atoms with E-state index in [0.717, 1.165) is 24.8 Å². The van der Waals surface area contributed by atoms with Crippen molar-refractivity contribution >= 4 is 10.0 Å². The Balaban J connectivity index is 1.79. The van der Waals surface area contributed by atoms with E-state index >= 15 is 0 Å². The predicted octanol–water partition coefficient (Wildman–Crippen LogP) is 2.45. The summed E-state index contributed by atoms with van der Waals surface area (Å²) in [7, 11) is -2.03. The van der Waals surface area contributed by atoms with Gasteiger partial charge in [0.05, 0.1) is 12.0 Å². The number of nitrogens with zero attached hydrogens (tertiary/aromatic N) is 1. The van der Waals surface area contributed by atoms with Gasteiger partial charge in [0, 0.05) is 18.3 Å². The molecule has 1 N–H and O–H groups in total. The van der Waals surface area contributed by atoms with Crippen LogP contribution in [-0.4, -0.2) is 20.5 Å². The van der Waals surface area contributed by atoms with E-state index in [1.165, 1.54) is 19.1 Å². The topological polar surface area (TPSA) is 68.3 Å². The standard InChI is InChI=1S/C17H20N2O3S/c1-22-17-15(7-4-10-18-17)12-19-23(20,21)16-9-8-13-5-2-3-6-14(13)11-16/h4,7-11,19H,2-3,5-6,12H2,1H3. The van der Waals surface area contributed by atoms with E-state index in [0.29, 0.717) is 16.3 Å². The molecule has 1 heterocycles. The smallest absolute Gasteiger partial charge is 0.240 e. The Labute approximate surface area is 136 Å². The Kier molecular flexibility index (Phi) is 4.63. The number of sulfonamides is 1.